The minimum absolute atomic E-state index is 0.329. The monoisotopic (exact) mass is 312 g/mol. The number of rotatable bonds is 3. The third kappa shape index (κ3) is 2.67. The van der Waals surface area contributed by atoms with Gasteiger partial charge < -0.3 is 4.57 Å². The summed E-state index contributed by atoms with van der Waals surface area (Å²) < 4.78 is 25.2. The highest BCUT2D eigenvalue weighted by atomic mass is 32.2. The summed E-state index contributed by atoms with van der Waals surface area (Å²) in [5.41, 5.74) is 4.12. The van der Waals surface area contributed by atoms with Gasteiger partial charge in [0, 0.05) is 30.0 Å². The Kier molecular flexibility index (Phi) is 3.58. The second-order valence-corrected chi connectivity index (χ2v) is 7.21. The van der Waals surface area contributed by atoms with Crippen LogP contribution >= 0.6 is 0 Å². The van der Waals surface area contributed by atoms with Gasteiger partial charge in [-0.3, -0.25) is 4.98 Å². The number of hydrogen-bond donors (Lipinski definition) is 0. The maximum Gasteiger partial charge on any atom is 0.175 e. The van der Waals surface area contributed by atoms with Gasteiger partial charge >= 0.3 is 0 Å². The summed E-state index contributed by atoms with van der Waals surface area (Å²) in [6, 6.07) is 14.9. The highest BCUT2D eigenvalue weighted by Crippen LogP contribution is 2.27. The van der Waals surface area contributed by atoms with Gasteiger partial charge in [-0.05, 0) is 48.9 Å². The third-order valence-corrected chi connectivity index (χ3v) is 4.70. The Hall–Kier alpha value is -2.40. The lowest BCUT2D eigenvalue weighted by Gasteiger charge is -2.12. The molecule has 5 heteroatoms. The molecule has 0 N–H and O–H groups in total. The number of hydrogen-bond acceptors (Lipinski definition) is 3. The van der Waals surface area contributed by atoms with Crippen LogP contribution < -0.4 is 0 Å². The Bertz CT molecular complexity index is 896. The molecule has 0 aliphatic heterocycles. The molecule has 0 aliphatic carbocycles. The average Bonchev–Trinajstić information content (AvgIpc) is 2.89. The van der Waals surface area contributed by atoms with Crippen molar-refractivity contribution in [3.05, 3.63) is 66.6 Å². The molecule has 0 bridgehead atoms. The number of aryl methyl sites for hydroxylation is 1. The topological polar surface area (TPSA) is 52.0 Å². The Morgan fingerprint density at radius 3 is 2.14 bits per heavy atom. The lowest BCUT2D eigenvalue weighted by atomic mass is 10.1. The normalized spacial score (nSPS) is 11.5. The van der Waals surface area contributed by atoms with Crippen LogP contribution in [0, 0.1) is 6.92 Å². The first kappa shape index (κ1) is 14.5. The maximum atomic E-state index is 11.6. The van der Waals surface area contributed by atoms with Gasteiger partial charge in [-0.1, -0.05) is 12.1 Å². The molecule has 112 valence electrons. The van der Waals surface area contributed by atoms with E-state index in [0.29, 0.717) is 4.90 Å². The summed E-state index contributed by atoms with van der Waals surface area (Å²) in [5.74, 6) is 0. The largest absolute Gasteiger partial charge is 0.314 e. The summed E-state index contributed by atoms with van der Waals surface area (Å²) >= 11 is 0. The van der Waals surface area contributed by atoms with E-state index in [-0.39, 0.29) is 0 Å². The lowest BCUT2D eigenvalue weighted by molar-refractivity contribution is 0.602. The van der Waals surface area contributed by atoms with Crippen molar-refractivity contribution in [1.82, 2.24) is 9.55 Å². The first-order valence-electron chi connectivity index (χ1n) is 6.86. The van der Waals surface area contributed by atoms with Crippen molar-refractivity contribution in [3.63, 3.8) is 0 Å². The van der Waals surface area contributed by atoms with Gasteiger partial charge in [-0.2, -0.15) is 0 Å². The fraction of sp³-hybridized carbons (Fsp3) is 0.118. The van der Waals surface area contributed by atoms with Crippen molar-refractivity contribution < 1.29 is 8.42 Å². The molecule has 0 unspecified atom stereocenters. The number of sulfone groups is 1. The van der Waals surface area contributed by atoms with Crippen LogP contribution in [0.1, 0.15) is 5.69 Å². The molecular formula is C17H16N2O2S. The van der Waals surface area contributed by atoms with Gasteiger partial charge in [0.1, 0.15) is 0 Å². The van der Waals surface area contributed by atoms with Crippen molar-refractivity contribution in [1.29, 1.82) is 0 Å². The summed E-state index contributed by atoms with van der Waals surface area (Å²) in [6.07, 6.45) is 4.72. The smallest absolute Gasteiger partial charge is 0.175 e. The van der Waals surface area contributed by atoms with E-state index in [0.717, 1.165) is 22.6 Å². The van der Waals surface area contributed by atoms with Gasteiger partial charge in [0.05, 0.1) is 10.6 Å². The molecule has 3 rings (SSSR count). The molecule has 1 aromatic carbocycles. The number of nitrogens with zero attached hydrogens (tertiary/aromatic N) is 2. The molecule has 0 saturated heterocycles. The van der Waals surface area contributed by atoms with Crippen molar-refractivity contribution >= 4 is 9.84 Å². The molecule has 0 saturated carbocycles. The predicted molar refractivity (Wildman–Crippen MR) is 86.8 cm³/mol. The van der Waals surface area contributed by atoms with Crippen LogP contribution in [0.4, 0.5) is 0 Å². The second kappa shape index (κ2) is 5.42. The molecule has 0 atom stereocenters. The van der Waals surface area contributed by atoms with Crippen LogP contribution in [-0.2, 0) is 9.84 Å². The van der Waals surface area contributed by atoms with Crippen molar-refractivity contribution in [2.45, 2.75) is 11.8 Å². The lowest BCUT2D eigenvalue weighted by Crippen LogP contribution is -2.00. The minimum Gasteiger partial charge on any atom is -0.314 e. The Labute approximate surface area is 130 Å². The molecule has 4 nitrogen and oxygen atoms in total. The van der Waals surface area contributed by atoms with Crippen molar-refractivity contribution in [2.75, 3.05) is 6.26 Å². The van der Waals surface area contributed by atoms with E-state index >= 15 is 0 Å². The average molecular weight is 312 g/mol. The Morgan fingerprint density at radius 1 is 0.909 bits per heavy atom. The van der Waals surface area contributed by atoms with E-state index in [1.54, 1.807) is 24.5 Å². The quantitative estimate of drug-likeness (QED) is 0.746. The number of aromatic nitrogens is 2. The van der Waals surface area contributed by atoms with Crippen LogP contribution in [0.15, 0.2) is 65.8 Å². The molecule has 0 amide bonds. The van der Waals surface area contributed by atoms with Crippen LogP contribution in [0.3, 0.4) is 0 Å². The highest BCUT2D eigenvalue weighted by Gasteiger charge is 2.11. The van der Waals surface area contributed by atoms with Gasteiger partial charge in [0.15, 0.2) is 9.84 Å². The van der Waals surface area contributed by atoms with E-state index < -0.39 is 9.84 Å². The minimum atomic E-state index is -3.17. The summed E-state index contributed by atoms with van der Waals surface area (Å²) in [6.45, 7) is 2.04. The van der Waals surface area contributed by atoms with Crippen LogP contribution in [0.5, 0.6) is 0 Å². The first-order valence-corrected chi connectivity index (χ1v) is 8.75. The molecule has 0 fully saturated rings. The van der Waals surface area contributed by atoms with Gasteiger partial charge in [-0.15, -0.1) is 0 Å². The zero-order valence-electron chi connectivity index (χ0n) is 12.4. The Balaban J connectivity index is 2.11. The van der Waals surface area contributed by atoms with Crippen molar-refractivity contribution in [3.8, 4) is 16.9 Å². The molecule has 2 heterocycles. The standard InChI is InChI=1S/C17H16N2O2S/c1-13-3-8-17(19(13)15-9-11-18-12-10-15)14-4-6-16(7-5-14)22(2,20)21/h3-12H,1-2H3. The molecular weight excluding hydrogens is 296 g/mol. The zero-order valence-corrected chi connectivity index (χ0v) is 13.2. The Morgan fingerprint density at radius 2 is 1.55 bits per heavy atom. The van der Waals surface area contributed by atoms with E-state index in [4.69, 9.17) is 0 Å². The molecule has 0 radical (unpaired) electrons. The first-order chi connectivity index (χ1) is 10.5. The SMILES string of the molecule is Cc1ccc(-c2ccc(S(C)(=O)=O)cc2)n1-c1ccncc1. The van der Waals surface area contributed by atoms with Crippen LogP contribution in [-0.4, -0.2) is 24.2 Å². The predicted octanol–water partition coefficient (Wildman–Crippen LogP) is 3.25. The van der Waals surface area contributed by atoms with Crippen LogP contribution in [0.25, 0.3) is 16.9 Å². The fourth-order valence-electron chi connectivity index (χ4n) is 2.47. The fourth-order valence-corrected chi connectivity index (χ4v) is 3.10. The second-order valence-electron chi connectivity index (χ2n) is 5.20. The van der Waals surface area contributed by atoms with Crippen LogP contribution in [0.2, 0.25) is 0 Å². The van der Waals surface area contributed by atoms with Crippen molar-refractivity contribution in [2.24, 2.45) is 0 Å². The zero-order chi connectivity index (χ0) is 15.7. The number of pyridine rings is 1. The molecule has 0 spiro atoms. The summed E-state index contributed by atoms with van der Waals surface area (Å²) in [4.78, 5) is 4.37. The molecule has 2 aromatic heterocycles. The number of benzene rings is 1. The maximum absolute atomic E-state index is 11.6. The van der Waals surface area contributed by atoms with E-state index in [9.17, 15) is 8.42 Å². The summed E-state index contributed by atoms with van der Waals surface area (Å²) in [7, 11) is -3.17. The van der Waals surface area contributed by atoms with Gasteiger partial charge in [0.25, 0.3) is 0 Å². The third-order valence-electron chi connectivity index (χ3n) is 3.58. The van der Waals surface area contributed by atoms with E-state index in [1.807, 2.05) is 43.3 Å². The highest BCUT2D eigenvalue weighted by molar-refractivity contribution is 7.90. The van der Waals surface area contributed by atoms with Gasteiger partial charge in [0.2, 0.25) is 0 Å². The molecule has 0 aliphatic rings. The molecule has 22 heavy (non-hydrogen) atoms. The van der Waals surface area contributed by atoms with E-state index in [1.165, 1.54) is 6.26 Å². The van der Waals surface area contributed by atoms with E-state index in [2.05, 4.69) is 9.55 Å². The summed E-state index contributed by atoms with van der Waals surface area (Å²) in [5, 5.41) is 0. The molecule has 3 aromatic rings. The van der Waals surface area contributed by atoms with Gasteiger partial charge in [-0.25, -0.2) is 8.42 Å².